The Morgan fingerprint density at radius 1 is 1.22 bits per heavy atom. The van der Waals surface area contributed by atoms with Crippen molar-refractivity contribution < 1.29 is 4.79 Å². The van der Waals surface area contributed by atoms with E-state index in [0.717, 1.165) is 30.7 Å². The fourth-order valence-corrected chi connectivity index (χ4v) is 3.27. The second kappa shape index (κ2) is 9.17. The number of rotatable bonds is 3. The van der Waals surface area contributed by atoms with Crippen LogP contribution in [0.3, 0.4) is 0 Å². The minimum Gasteiger partial charge on any atom is -0.333 e. The molecule has 4 rings (SSSR count). The van der Waals surface area contributed by atoms with E-state index in [2.05, 4.69) is 34.5 Å². The SMILES string of the molecule is C[C@@H]1CNCCN1C(=O)c1cnc2c(cnn2Cc2ccccc2)c1.Cl.Cl. The van der Waals surface area contributed by atoms with Gasteiger partial charge in [-0.15, -0.1) is 24.8 Å². The predicted molar refractivity (Wildman–Crippen MR) is 111 cm³/mol. The Bertz CT molecular complexity index is 900. The van der Waals surface area contributed by atoms with E-state index in [1.807, 2.05) is 33.8 Å². The van der Waals surface area contributed by atoms with Crippen LogP contribution in [0.15, 0.2) is 48.8 Å². The van der Waals surface area contributed by atoms with Crippen LogP contribution in [0.25, 0.3) is 11.0 Å². The Morgan fingerprint density at radius 3 is 2.74 bits per heavy atom. The maximum atomic E-state index is 12.8. The zero-order chi connectivity index (χ0) is 17.2. The molecule has 0 bridgehead atoms. The molecule has 3 aromatic rings. The predicted octanol–water partition coefficient (Wildman–Crippen LogP) is 2.76. The van der Waals surface area contributed by atoms with E-state index < -0.39 is 0 Å². The van der Waals surface area contributed by atoms with Crippen molar-refractivity contribution in [2.45, 2.75) is 19.5 Å². The Hall–Kier alpha value is -2.15. The highest BCUT2D eigenvalue weighted by Gasteiger charge is 2.24. The molecule has 0 saturated carbocycles. The molecule has 1 atom stereocenters. The smallest absolute Gasteiger partial charge is 0.255 e. The summed E-state index contributed by atoms with van der Waals surface area (Å²) >= 11 is 0. The number of carbonyl (C=O) groups is 1. The molecule has 0 aliphatic carbocycles. The van der Waals surface area contributed by atoms with Crippen LogP contribution < -0.4 is 5.32 Å². The van der Waals surface area contributed by atoms with Crippen molar-refractivity contribution >= 4 is 41.8 Å². The van der Waals surface area contributed by atoms with E-state index in [0.29, 0.717) is 12.1 Å². The highest BCUT2D eigenvalue weighted by atomic mass is 35.5. The number of pyridine rings is 1. The molecule has 0 radical (unpaired) electrons. The van der Waals surface area contributed by atoms with E-state index in [1.165, 1.54) is 5.56 Å². The first kappa shape index (κ1) is 21.2. The fourth-order valence-electron chi connectivity index (χ4n) is 3.27. The van der Waals surface area contributed by atoms with Crippen LogP contribution in [-0.2, 0) is 6.54 Å². The third-order valence-corrected chi connectivity index (χ3v) is 4.66. The van der Waals surface area contributed by atoms with Gasteiger partial charge in [0.2, 0.25) is 0 Å². The van der Waals surface area contributed by atoms with E-state index >= 15 is 0 Å². The van der Waals surface area contributed by atoms with Gasteiger partial charge in [0.05, 0.1) is 18.3 Å². The Kier molecular flexibility index (Phi) is 7.18. The minimum absolute atomic E-state index is 0. The number of piperazine rings is 1. The second-order valence-corrected chi connectivity index (χ2v) is 6.48. The minimum atomic E-state index is 0. The second-order valence-electron chi connectivity index (χ2n) is 6.48. The molecule has 27 heavy (non-hydrogen) atoms. The number of amides is 1. The molecule has 3 heterocycles. The van der Waals surface area contributed by atoms with E-state index in [4.69, 9.17) is 0 Å². The topological polar surface area (TPSA) is 63.1 Å². The lowest BCUT2D eigenvalue weighted by Crippen LogP contribution is -2.52. The number of nitrogens with one attached hydrogen (secondary N) is 1. The maximum Gasteiger partial charge on any atom is 0.255 e. The van der Waals surface area contributed by atoms with Crippen LogP contribution in [0.2, 0.25) is 0 Å². The number of carbonyl (C=O) groups excluding carboxylic acids is 1. The van der Waals surface area contributed by atoms with Crippen LogP contribution in [0, 0.1) is 0 Å². The van der Waals surface area contributed by atoms with Crippen LogP contribution in [0.1, 0.15) is 22.8 Å². The van der Waals surface area contributed by atoms with Gasteiger partial charge < -0.3 is 10.2 Å². The van der Waals surface area contributed by atoms with Crippen LogP contribution in [-0.4, -0.2) is 51.2 Å². The van der Waals surface area contributed by atoms with Gasteiger partial charge in [-0.2, -0.15) is 5.10 Å². The Morgan fingerprint density at radius 2 is 2.00 bits per heavy atom. The molecule has 1 N–H and O–H groups in total. The van der Waals surface area contributed by atoms with Gasteiger partial charge in [0.25, 0.3) is 5.91 Å². The van der Waals surface area contributed by atoms with Crippen molar-refractivity contribution in [3.8, 4) is 0 Å². The van der Waals surface area contributed by atoms with Crippen molar-refractivity contribution in [3.63, 3.8) is 0 Å². The molecule has 1 aromatic carbocycles. The number of hydrogen-bond donors (Lipinski definition) is 1. The third kappa shape index (κ3) is 4.40. The highest BCUT2D eigenvalue weighted by molar-refractivity contribution is 5.97. The van der Waals surface area contributed by atoms with Gasteiger partial charge in [-0.25, -0.2) is 9.67 Å². The van der Waals surface area contributed by atoms with Crippen LogP contribution in [0.5, 0.6) is 0 Å². The van der Waals surface area contributed by atoms with E-state index in [-0.39, 0.29) is 36.8 Å². The lowest BCUT2D eigenvalue weighted by atomic mass is 10.1. The summed E-state index contributed by atoms with van der Waals surface area (Å²) in [5, 5.41) is 8.63. The summed E-state index contributed by atoms with van der Waals surface area (Å²) in [6.45, 7) is 5.12. The number of benzene rings is 1. The molecular formula is C19H23Cl2N5O. The molecule has 8 heteroatoms. The maximum absolute atomic E-state index is 12.8. The molecule has 1 saturated heterocycles. The monoisotopic (exact) mass is 407 g/mol. The van der Waals surface area contributed by atoms with Gasteiger partial charge in [-0.05, 0) is 18.6 Å². The normalized spacial score (nSPS) is 16.5. The number of hydrogen-bond acceptors (Lipinski definition) is 4. The molecule has 1 amide bonds. The molecule has 144 valence electrons. The quantitative estimate of drug-likeness (QED) is 0.724. The van der Waals surface area contributed by atoms with Crippen molar-refractivity contribution in [2.75, 3.05) is 19.6 Å². The molecule has 6 nitrogen and oxygen atoms in total. The van der Waals surface area contributed by atoms with Gasteiger partial charge in [0, 0.05) is 37.3 Å². The molecular weight excluding hydrogens is 385 g/mol. The largest absolute Gasteiger partial charge is 0.333 e. The summed E-state index contributed by atoms with van der Waals surface area (Å²) < 4.78 is 1.87. The third-order valence-electron chi connectivity index (χ3n) is 4.66. The van der Waals surface area contributed by atoms with Crippen molar-refractivity contribution in [1.29, 1.82) is 0 Å². The van der Waals surface area contributed by atoms with Crippen molar-refractivity contribution in [3.05, 3.63) is 59.9 Å². The molecule has 2 aromatic heterocycles. The Balaban J connectivity index is 0.00000131. The molecule has 0 unspecified atom stereocenters. The first-order valence-corrected chi connectivity index (χ1v) is 8.59. The van der Waals surface area contributed by atoms with Crippen molar-refractivity contribution in [1.82, 2.24) is 25.0 Å². The van der Waals surface area contributed by atoms with Gasteiger partial charge in [-0.3, -0.25) is 4.79 Å². The average molecular weight is 408 g/mol. The fraction of sp³-hybridized carbons (Fsp3) is 0.316. The van der Waals surface area contributed by atoms with Crippen LogP contribution >= 0.6 is 24.8 Å². The average Bonchev–Trinajstić information content (AvgIpc) is 3.04. The van der Waals surface area contributed by atoms with Gasteiger partial charge in [0.1, 0.15) is 0 Å². The molecule has 1 fully saturated rings. The standard InChI is InChI=1S/C19H21N5O.2ClH/c1-14-10-20-7-8-23(14)19(25)17-9-16-12-22-24(18(16)21-11-17)13-15-5-3-2-4-6-15;;/h2-6,9,11-12,14,20H,7-8,10,13H2,1H3;2*1H/t14-;;/m1../s1. The molecule has 1 aliphatic rings. The molecule has 0 spiro atoms. The number of aromatic nitrogens is 3. The summed E-state index contributed by atoms with van der Waals surface area (Å²) in [5.74, 6) is 0.0409. The van der Waals surface area contributed by atoms with E-state index in [9.17, 15) is 4.79 Å². The lowest BCUT2D eigenvalue weighted by molar-refractivity contribution is 0.0655. The van der Waals surface area contributed by atoms with Gasteiger partial charge >= 0.3 is 0 Å². The first-order chi connectivity index (χ1) is 12.2. The first-order valence-electron chi connectivity index (χ1n) is 8.59. The number of fused-ring (bicyclic) bond motifs is 1. The summed E-state index contributed by atoms with van der Waals surface area (Å²) in [7, 11) is 0. The number of halogens is 2. The van der Waals surface area contributed by atoms with Gasteiger partial charge in [-0.1, -0.05) is 30.3 Å². The molecule has 1 aliphatic heterocycles. The van der Waals surface area contributed by atoms with E-state index in [1.54, 1.807) is 12.4 Å². The highest BCUT2D eigenvalue weighted by Crippen LogP contribution is 2.17. The van der Waals surface area contributed by atoms with Gasteiger partial charge in [0.15, 0.2) is 5.65 Å². The summed E-state index contributed by atoms with van der Waals surface area (Å²) in [5.41, 5.74) is 2.60. The van der Waals surface area contributed by atoms with Crippen LogP contribution in [0.4, 0.5) is 0 Å². The van der Waals surface area contributed by atoms with Crippen molar-refractivity contribution in [2.24, 2.45) is 0 Å². The summed E-state index contributed by atoms with van der Waals surface area (Å²) in [4.78, 5) is 19.2. The lowest BCUT2D eigenvalue weighted by Gasteiger charge is -2.33. The summed E-state index contributed by atoms with van der Waals surface area (Å²) in [6.07, 6.45) is 3.45. The number of nitrogens with zero attached hydrogens (tertiary/aromatic N) is 4. The zero-order valence-electron chi connectivity index (χ0n) is 15.0. The Labute approximate surface area is 170 Å². The zero-order valence-corrected chi connectivity index (χ0v) is 16.7. The summed E-state index contributed by atoms with van der Waals surface area (Å²) in [6, 6.07) is 12.2.